The van der Waals surface area contributed by atoms with Gasteiger partial charge in [0.25, 0.3) is 0 Å². The van der Waals surface area contributed by atoms with Gasteiger partial charge in [0, 0.05) is 6.54 Å². The molecular formula is C19H40N2O. The molecule has 0 atom stereocenters. The first-order chi connectivity index (χ1) is 10.8. The Hall–Kier alpha value is -0.570. The van der Waals surface area contributed by atoms with Gasteiger partial charge in [0.15, 0.2) is 0 Å². The lowest BCUT2D eigenvalue weighted by Crippen LogP contribution is -2.32. The summed E-state index contributed by atoms with van der Waals surface area (Å²) in [6.07, 6.45) is 19.2. The van der Waals surface area contributed by atoms with Gasteiger partial charge in [-0.25, -0.2) is 0 Å². The minimum Gasteiger partial charge on any atom is -0.355 e. The fraction of sp³-hybridized carbons (Fsp3) is 0.947. The summed E-state index contributed by atoms with van der Waals surface area (Å²) in [7, 11) is 1.80. The summed E-state index contributed by atoms with van der Waals surface area (Å²) >= 11 is 0. The molecule has 0 radical (unpaired) electrons. The topological polar surface area (TPSA) is 41.1 Å². The molecule has 0 bridgehead atoms. The monoisotopic (exact) mass is 312 g/mol. The number of rotatable bonds is 17. The molecule has 0 spiro atoms. The summed E-state index contributed by atoms with van der Waals surface area (Å²) in [5, 5.41) is 5.78. The quantitative estimate of drug-likeness (QED) is 0.379. The van der Waals surface area contributed by atoms with Crippen molar-refractivity contribution < 1.29 is 4.79 Å². The average Bonchev–Trinajstić information content (AvgIpc) is 2.51. The van der Waals surface area contributed by atoms with E-state index in [0.717, 1.165) is 13.0 Å². The van der Waals surface area contributed by atoms with Crippen molar-refractivity contribution in [2.45, 2.75) is 96.8 Å². The van der Waals surface area contributed by atoms with E-state index in [1.165, 1.54) is 83.5 Å². The van der Waals surface area contributed by atoms with E-state index in [1.54, 1.807) is 7.05 Å². The fourth-order valence-electron chi connectivity index (χ4n) is 2.77. The Morgan fingerprint density at radius 1 is 0.682 bits per heavy atom. The lowest BCUT2D eigenvalue weighted by atomic mass is 10.0. The van der Waals surface area contributed by atoms with Crippen LogP contribution in [-0.2, 0) is 4.79 Å². The van der Waals surface area contributed by atoms with E-state index < -0.39 is 0 Å². The zero-order chi connectivity index (χ0) is 16.3. The van der Waals surface area contributed by atoms with Crippen LogP contribution in [-0.4, -0.2) is 26.0 Å². The summed E-state index contributed by atoms with van der Waals surface area (Å²) in [5.41, 5.74) is 0. The number of amides is 1. The van der Waals surface area contributed by atoms with Gasteiger partial charge in [-0.2, -0.15) is 0 Å². The van der Waals surface area contributed by atoms with Crippen LogP contribution in [0, 0.1) is 0 Å². The molecule has 0 unspecified atom stereocenters. The number of carbonyl (C=O) groups is 1. The molecule has 0 aliphatic carbocycles. The molecular weight excluding hydrogens is 272 g/mol. The van der Waals surface area contributed by atoms with Crippen LogP contribution in [0.25, 0.3) is 0 Å². The van der Waals surface area contributed by atoms with Gasteiger partial charge in [0.1, 0.15) is 0 Å². The predicted molar refractivity (Wildman–Crippen MR) is 97.2 cm³/mol. The molecule has 0 saturated carbocycles. The van der Waals surface area contributed by atoms with E-state index in [1.807, 2.05) is 0 Å². The Kier molecular flexibility index (Phi) is 18.0. The number of carbonyl (C=O) groups excluding carboxylic acids is 1. The van der Waals surface area contributed by atoms with E-state index in [9.17, 15) is 4.79 Å². The molecule has 0 aromatic rings. The van der Waals surface area contributed by atoms with Crippen LogP contribution < -0.4 is 10.6 Å². The molecule has 0 rings (SSSR count). The standard InChI is InChI=1S/C19H40N2O/c1-3-4-5-6-7-8-9-10-11-12-13-14-15-16-17-21-19(22)18-20-2/h20H,3-18H2,1-2H3,(H,21,22). The molecule has 2 N–H and O–H groups in total. The predicted octanol–water partition coefficient (Wildman–Crippen LogP) is 4.80. The first-order valence-corrected chi connectivity index (χ1v) is 9.72. The van der Waals surface area contributed by atoms with Crippen molar-refractivity contribution in [3.63, 3.8) is 0 Å². The van der Waals surface area contributed by atoms with Crippen molar-refractivity contribution in [1.29, 1.82) is 0 Å². The largest absolute Gasteiger partial charge is 0.355 e. The van der Waals surface area contributed by atoms with Crippen LogP contribution in [0.1, 0.15) is 96.8 Å². The van der Waals surface area contributed by atoms with Crippen molar-refractivity contribution in [1.82, 2.24) is 10.6 Å². The third-order valence-corrected chi connectivity index (χ3v) is 4.19. The average molecular weight is 313 g/mol. The highest BCUT2D eigenvalue weighted by Gasteiger charge is 1.97. The summed E-state index contributed by atoms with van der Waals surface area (Å²) in [6, 6.07) is 0. The maximum atomic E-state index is 11.2. The van der Waals surface area contributed by atoms with Gasteiger partial charge in [-0.3, -0.25) is 4.79 Å². The van der Waals surface area contributed by atoms with E-state index in [0.29, 0.717) is 6.54 Å². The molecule has 0 saturated heterocycles. The van der Waals surface area contributed by atoms with Gasteiger partial charge in [0.2, 0.25) is 5.91 Å². The molecule has 0 heterocycles. The van der Waals surface area contributed by atoms with Crippen molar-refractivity contribution >= 4 is 5.91 Å². The second-order valence-electron chi connectivity index (χ2n) is 6.48. The van der Waals surface area contributed by atoms with Gasteiger partial charge < -0.3 is 10.6 Å². The molecule has 1 amide bonds. The van der Waals surface area contributed by atoms with Crippen molar-refractivity contribution in [2.24, 2.45) is 0 Å². The van der Waals surface area contributed by atoms with Crippen LogP contribution in [0.15, 0.2) is 0 Å². The first-order valence-electron chi connectivity index (χ1n) is 9.72. The Morgan fingerprint density at radius 3 is 1.50 bits per heavy atom. The normalized spacial score (nSPS) is 10.8. The van der Waals surface area contributed by atoms with Crippen LogP contribution in [0.3, 0.4) is 0 Å². The zero-order valence-electron chi connectivity index (χ0n) is 15.2. The number of hydrogen-bond donors (Lipinski definition) is 2. The minimum atomic E-state index is 0.109. The SMILES string of the molecule is CCCCCCCCCCCCCCCCNC(=O)CNC. The molecule has 3 heteroatoms. The lowest BCUT2D eigenvalue weighted by molar-refractivity contribution is -0.120. The highest BCUT2D eigenvalue weighted by atomic mass is 16.1. The smallest absolute Gasteiger partial charge is 0.233 e. The highest BCUT2D eigenvalue weighted by molar-refractivity contribution is 5.77. The van der Waals surface area contributed by atoms with Crippen LogP contribution in [0.2, 0.25) is 0 Å². The van der Waals surface area contributed by atoms with Crippen molar-refractivity contribution in [2.75, 3.05) is 20.1 Å². The zero-order valence-corrected chi connectivity index (χ0v) is 15.2. The first kappa shape index (κ1) is 21.4. The molecule has 0 aromatic carbocycles. The Bertz CT molecular complexity index is 231. The fourth-order valence-corrected chi connectivity index (χ4v) is 2.77. The van der Waals surface area contributed by atoms with Gasteiger partial charge >= 0.3 is 0 Å². The third kappa shape index (κ3) is 17.5. The summed E-state index contributed by atoms with van der Waals surface area (Å²) in [4.78, 5) is 11.2. The van der Waals surface area contributed by atoms with Crippen molar-refractivity contribution in [3.05, 3.63) is 0 Å². The van der Waals surface area contributed by atoms with Crippen molar-refractivity contribution in [3.8, 4) is 0 Å². The maximum absolute atomic E-state index is 11.2. The van der Waals surface area contributed by atoms with E-state index in [-0.39, 0.29) is 5.91 Å². The molecule has 0 aliphatic rings. The van der Waals surface area contributed by atoms with E-state index in [4.69, 9.17) is 0 Å². The maximum Gasteiger partial charge on any atom is 0.233 e. The number of likely N-dealkylation sites (N-methyl/N-ethyl adjacent to an activating group) is 1. The number of hydrogen-bond acceptors (Lipinski definition) is 2. The molecule has 0 aromatic heterocycles. The minimum absolute atomic E-state index is 0.109. The lowest BCUT2D eigenvalue weighted by Gasteiger charge is -2.05. The van der Waals surface area contributed by atoms with Gasteiger partial charge in [-0.05, 0) is 13.5 Å². The molecule has 0 aliphatic heterocycles. The van der Waals surface area contributed by atoms with Crippen LogP contribution >= 0.6 is 0 Å². The third-order valence-electron chi connectivity index (χ3n) is 4.19. The molecule has 3 nitrogen and oxygen atoms in total. The molecule has 22 heavy (non-hydrogen) atoms. The second kappa shape index (κ2) is 18.5. The Morgan fingerprint density at radius 2 is 1.09 bits per heavy atom. The molecule has 132 valence electrons. The van der Waals surface area contributed by atoms with Gasteiger partial charge in [-0.1, -0.05) is 90.4 Å². The van der Waals surface area contributed by atoms with E-state index >= 15 is 0 Å². The Balaban J connectivity index is 3.01. The summed E-state index contributed by atoms with van der Waals surface area (Å²) in [6.45, 7) is 3.54. The number of unbranched alkanes of at least 4 members (excludes halogenated alkanes) is 13. The van der Waals surface area contributed by atoms with E-state index in [2.05, 4.69) is 17.6 Å². The van der Waals surface area contributed by atoms with Crippen LogP contribution in [0.5, 0.6) is 0 Å². The highest BCUT2D eigenvalue weighted by Crippen LogP contribution is 2.12. The second-order valence-corrected chi connectivity index (χ2v) is 6.48. The summed E-state index contributed by atoms with van der Waals surface area (Å²) in [5.74, 6) is 0.109. The van der Waals surface area contributed by atoms with Gasteiger partial charge in [-0.15, -0.1) is 0 Å². The van der Waals surface area contributed by atoms with Crippen LogP contribution in [0.4, 0.5) is 0 Å². The van der Waals surface area contributed by atoms with Gasteiger partial charge in [0.05, 0.1) is 6.54 Å². The summed E-state index contributed by atoms with van der Waals surface area (Å²) < 4.78 is 0. The molecule has 0 fully saturated rings. The Labute approximate surface area is 139 Å². The number of nitrogens with one attached hydrogen (secondary N) is 2.